The molecule has 0 heterocycles. The van der Waals surface area contributed by atoms with Gasteiger partial charge in [0.05, 0.1) is 6.10 Å². The van der Waals surface area contributed by atoms with Crippen molar-refractivity contribution in [3.63, 3.8) is 0 Å². The van der Waals surface area contributed by atoms with Crippen LogP contribution >= 0.6 is 0 Å². The maximum Gasteiger partial charge on any atom is 0.133 e. The first kappa shape index (κ1) is 10.7. The summed E-state index contributed by atoms with van der Waals surface area (Å²) < 4.78 is 0. The first-order valence-corrected chi connectivity index (χ1v) is 5.31. The molecular formula is C11H20O2. The number of aliphatic hydroxyl groups excluding tert-OH is 1. The number of carbonyl (C=O) groups excluding carboxylic acids is 1. The largest absolute Gasteiger partial charge is 0.393 e. The lowest BCUT2D eigenvalue weighted by Crippen LogP contribution is -2.29. The first-order chi connectivity index (χ1) is 6.13. The fourth-order valence-electron chi connectivity index (χ4n) is 2.20. The van der Waals surface area contributed by atoms with Crippen molar-refractivity contribution in [2.75, 3.05) is 0 Å². The van der Waals surface area contributed by atoms with Crippen LogP contribution in [0.5, 0.6) is 0 Å². The first-order valence-electron chi connectivity index (χ1n) is 5.31. The van der Waals surface area contributed by atoms with Crippen LogP contribution in [0.25, 0.3) is 0 Å². The molecular weight excluding hydrogens is 164 g/mol. The van der Waals surface area contributed by atoms with E-state index in [1.807, 2.05) is 6.92 Å². The number of rotatable bonds is 2. The third kappa shape index (κ3) is 2.80. The highest BCUT2D eigenvalue weighted by Gasteiger charge is 2.28. The van der Waals surface area contributed by atoms with Gasteiger partial charge in [-0.2, -0.15) is 0 Å². The molecule has 3 unspecified atom stereocenters. The van der Waals surface area contributed by atoms with Crippen molar-refractivity contribution in [1.82, 2.24) is 0 Å². The van der Waals surface area contributed by atoms with Gasteiger partial charge in [0.25, 0.3) is 0 Å². The van der Waals surface area contributed by atoms with Crippen molar-refractivity contribution in [2.45, 2.75) is 52.1 Å². The van der Waals surface area contributed by atoms with E-state index < -0.39 is 0 Å². The van der Waals surface area contributed by atoms with Gasteiger partial charge in [0, 0.05) is 5.92 Å². The molecule has 2 heteroatoms. The summed E-state index contributed by atoms with van der Waals surface area (Å²) in [6.45, 7) is 3.57. The molecule has 76 valence electrons. The highest BCUT2D eigenvalue weighted by Crippen LogP contribution is 2.29. The maximum absolute atomic E-state index is 11.2. The molecule has 0 amide bonds. The minimum Gasteiger partial charge on any atom is -0.393 e. The molecule has 1 fully saturated rings. The van der Waals surface area contributed by atoms with E-state index in [-0.39, 0.29) is 23.7 Å². The molecule has 3 atom stereocenters. The van der Waals surface area contributed by atoms with E-state index in [1.54, 1.807) is 6.92 Å². The van der Waals surface area contributed by atoms with Crippen LogP contribution in [0, 0.1) is 11.8 Å². The predicted octanol–water partition coefficient (Wildman–Crippen LogP) is 2.15. The Morgan fingerprint density at radius 1 is 1.31 bits per heavy atom. The summed E-state index contributed by atoms with van der Waals surface area (Å²) in [6.07, 6.45) is 5.13. The van der Waals surface area contributed by atoms with Gasteiger partial charge >= 0.3 is 0 Å². The standard InChI is InChI=1S/C11H20O2/c1-8(9(2)12)10-6-4-3-5-7-11(10)13/h8,10-11,13H,3-7H2,1-2H3. The van der Waals surface area contributed by atoms with Crippen LogP contribution in [0.1, 0.15) is 46.0 Å². The summed E-state index contributed by atoms with van der Waals surface area (Å²) in [5.41, 5.74) is 0. The molecule has 1 aliphatic rings. The van der Waals surface area contributed by atoms with Gasteiger partial charge in [-0.05, 0) is 25.7 Å². The Morgan fingerprint density at radius 3 is 2.54 bits per heavy atom. The van der Waals surface area contributed by atoms with Gasteiger partial charge in [-0.1, -0.05) is 26.2 Å². The van der Waals surface area contributed by atoms with Gasteiger partial charge in [0.1, 0.15) is 5.78 Å². The Balaban J connectivity index is 2.58. The Kier molecular flexibility index (Phi) is 3.91. The molecule has 2 nitrogen and oxygen atoms in total. The summed E-state index contributed by atoms with van der Waals surface area (Å²) in [4.78, 5) is 11.2. The molecule has 0 bridgehead atoms. The van der Waals surface area contributed by atoms with Crippen LogP contribution in [-0.2, 0) is 4.79 Å². The molecule has 0 aliphatic heterocycles. The van der Waals surface area contributed by atoms with E-state index >= 15 is 0 Å². The zero-order chi connectivity index (χ0) is 9.84. The summed E-state index contributed by atoms with van der Waals surface area (Å²) in [6, 6.07) is 0. The topological polar surface area (TPSA) is 37.3 Å². The summed E-state index contributed by atoms with van der Waals surface area (Å²) >= 11 is 0. The van der Waals surface area contributed by atoms with E-state index in [0.29, 0.717) is 0 Å². The number of hydrogen-bond acceptors (Lipinski definition) is 2. The second kappa shape index (κ2) is 4.75. The molecule has 0 aromatic carbocycles. The lowest BCUT2D eigenvalue weighted by atomic mass is 9.83. The van der Waals surface area contributed by atoms with Crippen molar-refractivity contribution in [3.8, 4) is 0 Å². The van der Waals surface area contributed by atoms with E-state index in [4.69, 9.17) is 0 Å². The summed E-state index contributed by atoms with van der Waals surface area (Å²) in [7, 11) is 0. The Labute approximate surface area is 80.3 Å². The van der Waals surface area contributed by atoms with E-state index in [9.17, 15) is 9.90 Å². The number of Topliss-reactive ketones (excluding diaryl/α,β-unsaturated/α-hetero) is 1. The van der Waals surface area contributed by atoms with Crippen molar-refractivity contribution < 1.29 is 9.90 Å². The Morgan fingerprint density at radius 2 is 1.92 bits per heavy atom. The Hall–Kier alpha value is -0.370. The molecule has 1 N–H and O–H groups in total. The van der Waals surface area contributed by atoms with Gasteiger partial charge in [0.2, 0.25) is 0 Å². The van der Waals surface area contributed by atoms with Gasteiger partial charge in [-0.15, -0.1) is 0 Å². The summed E-state index contributed by atoms with van der Waals surface area (Å²) in [5.74, 6) is 0.457. The molecule has 0 aromatic heterocycles. The number of aliphatic hydroxyl groups is 1. The van der Waals surface area contributed by atoms with Crippen LogP contribution in [0.4, 0.5) is 0 Å². The van der Waals surface area contributed by atoms with Crippen LogP contribution in [0.3, 0.4) is 0 Å². The number of hydrogen-bond donors (Lipinski definition) is 1. The zero-order valence-electron chi connectivity index (χ0n) is 8.62. The van der Waals surface area contributed by atoms with E-state index in [1.165, 1.54) is 12.8 Å². The number of ketones is 1. The molecule has 13 heavy (non-hydrogen) atoms. The van der Waals surface area contributed by atoms with E-state index in [2.05, 4.69) is 0 Å². The van der Waals surface area contributed by atoms with Crippen LogP contribution < -0.4 is 0 Å². The van der Waals surface area contributed by atoms with Crippen molar-refractivity contribution in [3.05, 3.63) is 0 Å². The van der Waals surface area contributed by atoms with Crippen LogP contribution in [0.2, 0.25) is 0 Å². The minimum atomic E-state index is -0.249. The smallest absolute Gasteiger partial charge is 0.133 e. The third-order valence-electron chi connectivity index (χ3n) is 3.32. The predicted molar refractivity (Wildman–Crippen MR) is 52.4 cm³/mol. The third-order valence-corrected chi connectivity index (χ3v) is 3.32. The lowest BCUT2D eigenvalue weighted by Gasteiger charge is -2.24. The second-order valence-corrected chi connectivity index (χ2v) is 4.27. The van der Waals surface area contributed by atoms with Crippen molar-refractivity contribution in [1.29, 1.82) is 0 Å². The SMILES string of the molecule is CC(=O)C(C)C1CCCCCC1O. The van der Waals surface area contributed by atoms with Gasteiger partial charge in [-0.25, -0.2) is 0 Å². The lowest BCUT2D eigenvalue weighted by molar-refractivity contribution is -0.123. The van der Waals surface area contributed by atoms with E-state index in [0.717, 1.165) is 19.3 Å². The van der Waals surface area contributed by atoms with Gasteiger partial charge in [-0.3, -0.25) is 4.79 Å². The fraction of sp³-hybridized carbons (Fsp3) is 0.909. The maximum atomic E-state index is 11.2. The molecule has 1 aliphatic carbocycles. The quantitative estimate of drug-likeness (QED) is 0.668. The molecule has 1 saturated carbocycles. The molecule has 0 spiro atoms. The van der Waals surface area contributed by atoms with Gasteiger partial charge < -0.3 is 5.11 Å². The monoisotopic (exact) mass is 184 g/mol. The Bertz CT molecular complexity index is 177. The van der Waals surface area contributed by atoms with Crippen molar-refractivity contribution >= 4 is 5.78 Å². The average Bonchev–Trinajstić information content (AvgIpc) is 2.28. The number of carbonyl (C=O) groups is 1. The second-order valence-electron chi connectivity index (χ2n) is 4.27. The van der Waals surface area contributed by atoms with Crippen LogP contribution in [-0.4, -0.2) is 17.0 Å². The van der Waals surface area contributed by atoms with Crippen molar-refractivity contribution in [2.24, 2.45) is 11.8 Å². The fourth-order valence-corrected chi connectivity index (χ4v) is 2.20. The molecule has 0 aromatic rings. The molecule has 0 saturated heterocycles. The molecule has 1 rings (SSSR count). The van der Waals surface area contributed by atoms with Gasteiger partial charge in [0.15, 0.2) is 0 Å². The highest BCUT2D eigenvalue weighted by atomic mass is 16.3. The highest BCUT2D eigenvalue weighted by molar-refractivity contribution is 5.78. The zero-order valence-corrected chi connectivity index (χ0v) is 8.62. The van der Waals surface area contributed by atoms with Crippen LogP contribution in [0.15, 0.2) is 0 Å². The average molecular weight is 184 g/mol. The summed E-state index contributed by atoms with van der Waals surface area (Å²) in [5, 5.41) is 9.82. The minimum absolute atomic E-state index is 0.0353. The normalized spacial score (nSPS) is 32.2. The molecule has 0 radical (unpaired) electrons.